The van der Waals surface area contributed by atoms with Crippen molar-refractivity contribution in [1.29, 1.82) is 0 Å². The minimum Gasteiger partial charge on any atom is -0.507 e. The van der Waals surface area contributed by atoms with Gasteiger partial charge < -0.3 is 5.11 Å². The van der Waals surface area contributed by atoms with Gasteiger partial charge in [-0.3, -0.25) is 0 Å². The van der Waals surface area contributed by atoms with Gasteiger partial charge in [0.25, 0.3) is 0 Å². The molecule has 0 unspecified atom stereocenters. The van der Waals surface area contributed by atoms with Crippen molar-refractivity contribution in [1.82, 2.24) is 0 Å². The highest BCUT2D eigenvalue weighted by Crippen LogP contribution is 2.42. The molecule has 0 radical (unpaired) electrons. The summed E-state index contributed by atoms with van der Waals surface area (Å²) in [5, 5.41) is 10.3. The molecular formula is C18H14OS. The summed E-state index contributed by atoms with van der Waals surface area (Å²) in [6.45, 7) is 0. The fourth-order valence-corrected chi connectivity index (χ4v) is 2.69. The van der Waals surface area contributed by atoms with Crippen LogP contribution in [0.4, 0.5) is 0 Å². The summed E-state index contributed by atoms with van der Waals surface area (Å²) in [6.07, 6.45) is 0. The van der Waals surface area contributed by atoms with Crippen LogP contribution in [0.3, 0.4) is 0 Å². The number of hydrogen-bond acceptors (Lipinski definition) is 2. The molecule has 98 valence electrons. The molecule has 0 saturated heterocycles. The highest BCUT2D eigenvalue weighted by molar-refractivity contribution is 7.80. The first-order valence-corrected chi connectivity index (χ1v) is 6.88. The smallest absolute Gasteiger partial charge is 0.124 e. The Labute approximate surface area is 123 Å². The van der Waals surface area contributed by atoms with Gasteiger partial charge in [-0.1, -0.05) is 60.7 Å². The Morgan fingerprint density at radius 2 is 1.10 bits per heavy atom. The molecule has 2 heteroatoms. The molecule has 0 fully saturated rings. The molecule has 0 aliphatic heterocycles. The lowest BCUT2D eigenvalue weighted by Gasteiger charge is -2.14. The lowest BCUT2D eigenvalue weighted by atomic mass is 9.93. The second kappa shape index (κ2) is 5.43. The number of hydrogen-bond donors (Lipinski definition) is 2. The number of benzene rings is 3. The van der Waals surface area contributed by atoms with Gasteiger partial charge in [0.2, 0.25) is 0 Å². The summed E-state index contributed by atoms with van der Waals surface area (Å²) in [5.74, 6) is 0.271. The lowest BCUT2D eigenvalue weighted by molar-refractivity contribution is 0.477. The van der Waals surface area contributed by atoms with Gasteiger partial charge in [-0.15, -0.1) is 12.6 Å². The number of phenolic OH excluding ortho intramolecular Hbond substituents is 1. The van der Waals surface area contributed by atoms with Crippen molar-refractivity contribution in [2.45, 2.75) is 4.90 Å². The van der Waals surface area contributed by atoms with E-state index in [1.165, 1.54) is 0 Å². The number of phenols is 1. The zero-order valence-corrected chi connectivity index (χ0v) is 11.7. The van der Waals surface area contributed by atoms with E-state index in [9.17, 15) is 5.11 Å². The molecule has 0 atom stereocenters. The molecule has 0 spiro atoms. The molecule has 1 nitrogen and oxygen atoms in total. The quantitative estimate of drug-likeness (QED) is 0.631. The Morgan fingerprint density at radius 3 is 1.65 bits per heavy atom. The van der Waals surface area contributed by atoms with Crippen LogP contribution in [0.5, 0.6) is 5.75 Å². The van der Waals surface area contributed by atoms with Gasteiger partial charge in [-0.05, 0) is 23.3 Å². The standard InChI is InChI=1S/C18H14OS/c19-15-11-12-16(20)18(14-9-5-2-6-10-14)17(15)13-7-3-1-4-8-13/h1-12,19-20H. The number of rotatable bonds is 2. The Morgan fingerprint density at radius 1 is 0.600 bits per heavy atom. The summed E-state index contributed by atoms with van der Waals surface area (Å²) in [7, 11) is 0. The van der Waals surface area contributed by atoms with Crippen LogP contribution < -0.4 is 0 Å². The molecule has 20 heavy (non-hydrogen) atoms. The second-order valence-corrected chi connectivity index (χ2v) is 5.07. The third kappa shape index (κ3) is 2.30. The Bertz CT molecular complexity index is 657. The highest BCUT2D eigenvalue weighted by atomic mass is 32.1. The molecule has 0 aliphatic rings. The molecule has 0 heterocycles. The number of thiol groups is 1. The number of aromatic hydroxyl groups is 1. The van der Waals surface area contributed by atoms with Crippen molar-refractivity contribution >= 4 is 12.6 Å². The molecule has 0 saturated carbocycles. The molecule has 0 aliphatic carbocycles. The van der Waals surface area contributed by atoms with Crippen molar-refractivity contribution < 1.29 is 5.11 Å². The summed E-state index contributed by atoms with van der Waals surface area (Å²) in [4.78, 5) is 0.854. The van der Waals surface area contributed by atoms with Crippen LogP contribution >= 0.6 is 12.6 Å². The van der Waals surface area contributed by atoms with Crippen molar-refractivity contribution in [2.75, 3.05) is 0 Å². The Hall–Kier alpha value is -2.19. The van der Waals surface area contributed by atoms with E-state index in [1.54, 1.807) is 6.07 Å². The van der Waals surface area contributed by atoms with E-state index in [4.69, 9.17) is 0 Å². The molecule has 3 aromatic carbocycles. The third-order valence-corrected chi connectivity index (χ3v) is 3.66. The summed E-state index contributed by atoms with van der Waals surface area (Å²) < 4.78 is 0. The van der Waals surface area contributed by atoms with E-state index < -0.39 is 0 Å². The van der Waals surface area contributed by atoms with Crippen LogP contribution in [0.2, 0.25) is 0 Å². The normalized spacial score (nSPS) is 10.4. The predicted octanol–water partition coefficient (Wildman–Crippen LogP) is 5.01. The topological polar surface area (TPSA) is 20.2 Å². The maximum Gasteiger partial charge on any atom is 0.124 e. The van der Waals surface area contributed by atoms with Gasteiger partial charge in [0.15, 0.2) is 0 Å². The highest BCUT2D eigenvalue weighted by Gasteiger charge is 2.14. The van der Waals surface area contributed by atoms with Crippen molar-refractivity contribution in [3.8, 4) is 28.0 Å². The van der Waals surface area contributed by atoms with Gasteiger partial charge in [-0.25, -0.2) is 0 Å². The van der Waals surface area contributed by atoms with Crippen LogP contribution in [0.25, 0.3) is 22.3 Å². The molecular weight excluding hydrogens is 264 g/mol. The minimum absolute atomic E-state index is 0.271. The van der Waals surface area contributed by atoms with Crippen LogP contribution in [0, 0.1) is 0 Å². The first-order chi connectivity index (χ1) is 9.77. The van der Waals surface area contributed by atoms with Gasteiger partial charge in [0.05, 0.1) is 0 Å². The largest absolute Gasteiger partial charge is 0.507 e. The fourth-order valence-electron chi connectivity index (χ4n) is 2.37. The van der Waals surface area contributed by atoms with E-state index in [1.807, 2.05) is 66.7 Å². The second-order valence-electron chi connectivity index (χ2n) is 4.59. The van der Waals surface area contributed by atoms with Gasteiger partial charge in [-0.2, -0.15) is 0 Å². The van der Waals surface area contributed by atoms with E-state index in [0.717, 1.165) is 27.1 Å². The Balaban J connectivity index is 2.32. The monoisotopic (exact) mass is 278 g/mol. The minimum atomic E-state index is 0.271. The summed E-state index contributed by atoms with van der Waals surface area (Å²) in [6, 6.07) is 23.4. The average molecular weight is 278 g/mol. The first kappa shape index (κ1) is 12.8. The zero-order valence-electron chi connectivity index (χ0n) is 10.8. The molecule has 3 rings (SSSR count). The van der Waals surface area contributed by atoms with E-state index in [0.29, 0.717) is 0 Å². The maximum atomic E-state index is 10.3. The lowest BCUT2D eigenvalue weighted by Crippen LogP contribution is -1.88. The third-order valence-electron chi connectivity index (χ3n) is 3.29. The van der Waals surface area contributed by atoms with Crippen molar-refractivity contribution in [3.05, 3.63) is 72.8 Å². The van der Waals surface area contributed by atoms with Crippen LogP contribution in [-0.2, 0) is 0 Å². The molecule has 0 aromatic heterocycles. The van der Waals surface area contributed by atoms with Crippen molar-refractivity contribution in [2.24, 2.45) is 0 Å². The first-order valence-electron chi connectivity index (χ1n) is 6.43. The molecule has 3 aromatic rings. The molecule has 0 amide bonds. The van der Waals surface area contributed by atoms with E-state index >= 15 is 0 Å². The molecule has 1 N–H and O–H groups in total. The van der Waals surface area contributed by atoms with E-state index in [2.05, 4.69) is 12.6 Å². The maximum absolute atomic E-state index is 10.3. The summed E-state index contributed by atoms with van der Waals surface area (Å²) in [5.41, 5.74) is 3.82. The van der Waals surface area contributed by atoms with Gasteiger partial charge in [0.1, 0.15) is 5.75 Å². The summed E-state index contributed by atoms with van der Waals surface area (Å²) >= 11 is 4.57. The van der Waals surface area contributed by atoms with Crippen LogP contribution in [0.15, 0.2) is 77.7 Å². The van der Waals surface area contributed by atoms with Crippen LogP contribution in [-0.4, -0.2) is 5.11 Å². The zero-order chi connectivity index (χ0) is 13.9. The molecule has 0 bridgehead atoms. The SMILES string of the molecule is Oc1ccc(S)c(-c2ccccc2)c1-c1ccccc1. The van der Waals surface area contributed by atoms with Gasteiger partial charge in [0, 0.05) is 16.0 Å². The predicted molar refractivity (Wildman–Crippen MR) is 86.2 cm³/mol. The Kier molecular flexibility index (Phi) is 3.48. The van der Waals surface area contributed by atoms with E-state index in [-0.39, 0.29) is 5.75 Å². The average Bonchev–Trinajstić information content (AvgIpc) is 2.51. The van der Waals surface area contributed by atoms with Crippen molar-refractivity contribution in [3.63, 3.8) is 0 Å². The fraction of sp³-hybridized carbons (Fsp3) is 0. The van der Waals surface area contributed by atoms with Crippen LogP contribution in [0.1, 0.15) is 0 Å². The van der Waals surface area contributed by atoms with Gasteiger partial charge >= 0.3 is 0 Å².